The SMILES string of the molecule is Cc1ccc(C)c(OCC(=O)NNC(=O)/C=C/c2c(C)nn(CC(C)C)c2Cl)c1. The molecule has 0 bridgehead atoms. The molecular weight excluding hydrogens is 392 g/mol. The molecule has 0 spiro atoms. The lowest BCUT2D eigenvalue weighted by atomic mass is 10.1. The lowest BCUT2D eigenvalue weighted by molar-refractivity contribution is -0.128. The van der Waals surface area contributed by atoms with Crippen LogP contribution in [-0.2, 0) is 16.1 Å². The first kappa shape index (κ1) is 22.5. The monoisotopic (exact) mass is 418 g/mol. The molecule has 1 aromatic heterocycles. The Morgan fingerprint density at radius 3 is 2.66 bits per heavy atom. The molecule has 2 N–H and O–H groups in total. The number of hydrazine groups is 1. The molecule has 0 saturated carbocycles. The molecule has 2 aromatic rings. The molecule has 0 atom stereocenters. The van der Waals surface area contributed by atoms with Crippen molar-refractivity contribution < 1.29 is 14.3 Å². The molecule has 1 aromatic carbocycles. The maximum absolute atomic E-state index is 12.0. The maximum Gasteiger partial charge on any atom is 0.276 e. The number of benzene rings is 1. The van der Waals surface area contributed by atoms with Gasteiger partial charge in [-0.25, -0.2) is 0 Å². The quantitative estimate of drug-likeness (QED) is 0.533. The molecule has 0 radical (unpaired) electrons. The number of ether oxygens (including phenoxy) is 1. The predicted molar refractivity (Wildman–Crippen MR) is 114 cm³/mol. The zero-order valence-corrected chi connectivity index (χ0v) is 18.1. The Bertz CT molecular complexity index is 919. The van der Waals surface area contributed by atoms with Crippen molar-refractivity contribution in [1.29, 1.82) is 0 Å². The molecule has 0 aliphatic rings. The van der Waals surface area contributed by atoms with Crippen LogP contribution in [-0.4, -0.2) is 28.2 Å². The fourth-order valence-corrected chi connectivity index (χ4v) is 2.90. The normalized spacial score (nSPS) is 11.1. The van der Waals surface area contributed by atoms with Crippen LogP contribution >= 0.6 is 11.6 Å². The van der Waals surface area contributed by atoms with E-state index in [9.17, 15) is 9.59 Å². The number of hydrogen-bond acceptors (Lipinski definition) is 4. The van der Waals surface area contributed by atoms with Crippen LogP contribution in [0.5, 0.6) is 5.75 Å². The Labute approximate surface area is 176 Å². The van der Waals surface area contributed by atoms with Crippen LogP contribution < -0.4 is 15.6 Å². The molecular formula is C21H27ClN4O3. The second-order valence-electron chi connectivity index (χ2n) is 7.29. The first-order valence-corrected chi connectivity index (χ1v) is 9.75. The van der Waals surface area contributed by atoms with E-state index in [2.05, 4.69) is 29.8 Å². The van der Waals surface area contributed by atoms with Crippen LogP contribution in [0.4, 0.5) is 0 Å². The van der Waals surface area contributed by atoms with E-state index in [1.807, 2.05) is 39.0 Å². The highest BCUT2D eigenvalue weighted by atomic mass is 35.5. The van der Waals surface area contributed by atoms with Gasteiger partial charge in [0.1, 0.15) is 10.9 Å². The third-order valence-corrected chi connectivity index (χ3v) is 4.48. The van der Waals surface area contributed by atoms with Crippen LogP contribution in [0.3, 0.4) is 0 Å². The number of rotatable bonds is 7. The second kappa shape index (κ2) is 10.1. The summed E-state index contributed by atoms with van der Waals surface area (Å²) in [5.74, 6) is 0.0756. The summed E-state index contributed by atoms with van der Waals surface area (Å²) in [6.45, 7) is 10.3. The van der Waals surface area contributed by atoms with Crippen molar-refractivity contribution in [2.45, 2.75) is 41.2 Å². The highest BCUT2D eigenvalue weighted by Crippen LogP contribution is 2.22. The van der Waals surface area contributed by atoms with E-state index < -0.39 is 11.8 Å². The molecule has 0 saturated heterocycles. The number of halogens is 1. The third-order valence-electron chi connectivity index (χ3n) is 4.08. The van der Waals surface area contributed by atoms with Gasteiger partial charge in [0.25, 0.3) is 11.8 Å². The van der Waals surface area contributed by atoms with Gasteiger partial charge in [0, 0.05) is 18.2 Å². The van der Waals surface area contributed by atoms with Gasteiger partial charge in [-0.15, -0.1) is 0 Å². The average molecular weight is 419 g/mol. The van der Waals surface area contributed by atoms with Gasteiger partial charge >= 0.3 is 0 Å². The zero-order valence-electron chi connectivity index (χ0n) is 17.4. The number of carbonyl (C=O) groups excluding carboxylic acids is 2. The van der Waals surface area contributed by atoms with Gasteiger partial charge < -0.3 is 4.74 Å². The fraction of sp³-hybridized carbons (Fsp3) is 0.381. The summed E-state index contributed by atoms with van der Waals surface area (Å²) in [5.41, 5.74) is 8.00. The lowest BCUT2D eigenvalue weighted by Crippen LogP contribution is -2.43. The minimum absolute atomic E-state index is 0.207. The van der Waals surface area contributed by atoms with E-state index in [4.69, 9.17) is 16.3 Å². The van der Waals surface area contributed by atoms with Gasteiger partial charge in [-0.05, 0) is 50.0 Å². The highest BCUT2D eigenvalue weighted by Gasteiger charge is 2.12. The number of aryl methyl sites for hydroxylation is 3. The number of nitrogens with zero attached hydrogens (tertiary/aromatic N) is 2. The van der Waals surface area contributed by atoms with E-state index >= 15 is 0 Å². The molecule has 2 rings (SSSR count). The zero-order chi connectivity index (χ0) is 21.6. The second-order valence-corrected chi connectivity index (χ2v) is 7.65. The molecule has 7 nitrogen and oxygen atoms in total. The molecule has 156 valence electrons. The molecule has 0 aliphatic heterocycles. The summed E-state index contributed by atoms with van der Waals surface area (Å²) in [7, 11) is 0. The minimum atomic E-state index is -0.489. The molecule has 0 fully saturated rings. The number of carbonyl (C=O) groups is 2. The topological polar surface area (TPSA) is 85.2 Å². The Morgan fingerprint density at radius 1 is 1.24 bits per heavy atom. The first-order chi connectivity index (χ1) is 13.7. The van der Waals surface area contributed by atoms with Gasteiger partial charge in [0.15, 0.2) is 6.61 Å². The number of nitrogens with one attached hydrogen (secondary N) is 2. The Morgan fingerprint density at radius 2 is 1.97 bits per heavy atom. The molecule has 2 amide bonds. The van der Waals surface area contributed by atoms with Crippen molar-refractivity contribution in [3.05, 3.63) is 51.8 Å². The van der Waals surface area contributed by atoms with Crippen LogP contribution in [0.1, 0.15) is 36.2 Å². The molecule has 29 heavy (non-hydrogen) atoms. The first-order valence-electron chi connectivity index (χ1n) is 9.37. The smallest absolute Gasteiger partial charge is 0.276 e. The predicted octanol–water partition coefficient (Wildman–Crippen LogP) is 3.36. The lowest BCUT2D eigenvalue weighted by Gasteiger charge is -2.10. The van der Waals surface area contributed by atoms with Gasteiger partial charge in [0.05, 0.1) is 5.69 Å². The van der Waals surface area contributed by atoms with Crippen molar-refractivity contribution >= 4 is 29.5 Å². The van der Waals surface area contributed by atoms with Crippen LogP contribution in [0.15, 0.2) is 24.3 Å². The Balaban J connectivity index is 1.85. The van der Waals surface area contributed by atoms with Crippen molar-refractivity contribution in [2.24, 2.45) is 5.92 Å². The van der Waals surface area contributed by atoms with Gasteiger partial charge in [-0.3, -0.25) is 25.1 Å². The summed E-state index contributed by atoms with van der Waals surface area (Å²) in [6.07, 6.45) is 2.87. The van der Waals surface area contributed by atoms with Gasteiger partial charge in [0.2, 0.25) is 0 Å². The minimum Gasteiger partial charge on any atom is -0.483 e. The fourth-order valence-electron chi connectivity index (χ4n) is 2.60. The van der Waals surface area contributed by atoms with Crippen molar-refractivity contribution in [3.8, 4) is 5.75 Å². The van der Waals surface area contributed by atoms with Crippen molar-refractivity contribution in [3.63, 3.8) is 0 Å². The highest BCUT2D eigenvalue weighted by molar-refractivity contribution is 6.31. The third kappa shape index (κ3) is 6.64. The Kier molecular flexibility index (Phi) is 7.84. The summed E-state index contributed by atoms with van der Waals surface area (Å²) >= 11 is 6.34. The number of hydrogen-bond donors (Lipinski definition) is 2. The standard InChI is InChI=1S/C21H27ClN4O3/c1-13(2)11-26-21(22)17(16(5)25-26)8-9-19(27)23-24-20(28)12-29-18-10-14(3)6-7-15(18)4/h6-10,13H,11-12H2,1-5H3,(H,23,27)(H,24,28)/b9-8+. The van der Waals surface area contributed by atoms with Gasteiger partial charge in [-0.1, -0.05) is 37.6 Å². The van der Waals surface area contributed by atoms with E-state index in [0.29, 0.717) is 28.9 Å². The van der Waals surface area contributed by atoms with Crippen LogP contribution in [0, 0.1) is 26.7 Å². The summed E-state index contributed by atoms with van der Waals surface area (Å²) in [4.78, 5) is 23.9. The maximum atomic E-state index is 12.0. The average Bonchev–Trinajstić information content (AvgIpc) is 2.91. The van der Waals surface area contributed by atoms with Gasteiger partial charge in [-0.2, -0.15) is 5.10 Å². The Hall–Kier alpha value is -2.80. The summed E-state index contributed by atoms with van der Waals surface area (Å²) in [6, 6.07) is 5.75. The molecule has 1 heterocycles. The van der Waals surface area contributed by atoms with E-state index in [-0.39, 0.29) is 6.61 Å². The number of amides is 2. The summed E-state index contributed by atoms with van der Waals surface area (Å²) in [5, 5.41) is 4.86. The van der Waals surface area contributed by atoms with Crippen LogP contribution in [0.2, 0.25) is 5.15 Å². The van der Waals surface area contributed by atoms with E-state index in [1.165, 1.54) is 6.08 Å². The molecule has 8 heteroatoms. The van der Waals surface area contributed by atoms with E-state index in [0.717, 1.165) is 16.8 Å². The largest absolute Gasteiger partial charge is 0.483 e. The number of aromatic nitrogens is 2. The van der Waals surface area contributed by atoms with Crippen LogP contribution in [0.25, 0.3) is 6.08 Å². The molecule has 0 aliphatic carbocycles. The van der Waals surface area contributed by atoms with E-state index in [1.54, 1.807) is 10.8 Å². The molecule has 0 unspecified atom stereocenters. The van der Waals surface area contributed by atoms with Crippen molar-refractivity contribution in [2.75, 3.05) is 6.61 Å². The van der Waals surface area contributed by atoms with Crippen molar-refractivity contribution in [1.82, 2.24) is 20.6 Å². The summed E-state index contributed by atoms with van der Waals surface area (Å²) < 4.78 is 7.21.